The fourth-order valence-corrected chi connectivity index (χ4v) is 3.80. The lowest BCUT2D eigenvalue weighted by Gasteiger charge is -2.30. The van der Waals surface area contributed by atoms with Crippen LogP contribution < -0.4 is 0 Å². The maximum atomic E-state index is 12.7. The number of carbonyl (C=O) groups is 1. The lowest BCUT2D eigenvalue weighted by atomic mass is 9.88. The monoisotopic (exact) mass is 359 g/mol. The van der Waals surface area contributed by atoms with Crippen molar-refractivity contribution in [1.29, 1.82) is 0 Å². The Balaban J connectivity index is 1.33. The number of aromatic amines is 1. The van der Waals surface area contributed by atoms with E-state index in [2.05, 4.69) is 22.0 Å². The molecule has 1 fully saturated rings. The van der Waals surface area contributed by atoms with Gasteiger partial charge in [0.05, 0.1) is 5.69 Å². The van der Waals surface area contributed by atoms with E-state index in [9.17, 15) is 4.79 Å². The van der Waals surface area contributed by atoms with Crippen LogP contribution in [0.4, 0.5) is 0 Å². The number of piperidine rings is 1. The van der Waals surface area contributed by atoms with E-state index >= 15 is 0 Å². The number of likely N-dealkylation sites (tertiary alicyclic amines) is 1. The minimum atomic E-state index is 0.141. The van der Waals surface area contributed by atoms with Crippen LogP contribution in [0.2, 0.25) is 0 Å². The summed E-state index contributed by atoms with van der Waals surface area (Å²) in [5, 5.41) is 0. The van der Waals surface area contributed by atoms with Crippen LogP contribution in [0, 0.1) is 12.8 Å². The minimum absolute atomic E-state index is 0.141. The summed E-state index contributed by atoms with van der Waals surface area (Å²) in [6, 6.07) is 18.1. The summed E-state index contributed by atoms with van der Waals surface area (Å²) in [5.74, 6) is 1.35. The molecule has 138 valence electrons. The lowest BCUT2D eigenvalue weighted by molar-refractivity contribution is 0.0834. The maximum absolute atomic E-state index is 12.7. The molecule has 0 spiro atoms. The highest BCUT2D eigenvalue weighted by Crippen LogP contribution is 2.24. The Hall–Kier alpha value is -2.72. The highest BCUT2D eigenvalue weighted by atomic mass is 16.1. The molecule has 2 heterocycles. The average Bonchev–Trinajstić information content (AvgIpc) is 3.17. The number of rotatable bonds is 5. The van der Waals surface area contributed by atoms with Crippen molar-refractivity contribution in [3.8, 4) is 11.4 Å². The second kappa shape index (κ2) is 7.89. The van der Waals surface area contributed by atoms with Gasteiger partial charge in [0.25, 0.3) is 0 Å². The molecule has 0 bridgehead atoms. The van der Waals surface area contributed by atoms with E-state index in [1.807, 2.05) is 55.6 Å². The van der Waals surface area contributed by atoms with Crippen molar-refractivity contribution >= 4 is 5.78 Å². The summed E-state index contributed by atoms with van der Waals surface area (Å²) < 4.78 is 0. The molecule has 0 saturated carbocycles. The SMILES string of the molecule is Cc1cccc(C(=O)C2CCN(Cc3c[nH]c(-c4ccccc4)n3)CC2)c1. The van der Waals surface area contributed by atoms with Gasteiger partial charge >= 0.3 is 0 Å². The number of carbonyl (C=O) groups excluding carboxylic acids is 1. The van der Waals surface area contributed by atoms with Crippen LogP contribution in [-0.4, -0.2) is 33.7 Å². The van der Waals surface area contributed by atoms with Crippen molar-refractivity contribution in [1.82, 2.24) is 14.9 Å². The summed E-state index contributed by atoms with van der Waals surface area (Å²) in [6.45, 7) is 4.74. The summed E-state index contributed by atoms with van der Waals surface area (Å²) in [5.41, 5.74) is 4.16. The molecule has 4 nitrogen and oxygen atoms in total. The Morgan fingerprint density at radius 2 is 1.89 bits per heavy atom. The van der Waals surface area contributed by atoms with Gasteiger partial charge in [0.2, 0.25) is 0 Å². The predicted octanol–water partition coefficient (Wildman–Crippen LogP) is 4.48. The molecule has 4 rings (SSSR count). The van der Waals surface area contributed by atoms with Crippen molar-refractivity contribution in [3.63, 3.8) is 0 Å². The smallest absolute Gasteiger partial charge is 0.166 e. The largest absolute Gasteiger partial charge is 0.344 e. The number of hydrogen-bond acceptors (Lipinski definition) is 3. The van der Waals surface area contributed by atoms with Gasteiger partial charge in [-0.3, -0.25) is 9.69 Å². The van der Waals surface area contributed by atoms with Crippen LogP contribution in [0.3, 0.4) is 0 Å². The van der Waals surface area contributed by atoms with Gasteiger partial charge in [-0.15, -0.1) is 0 Å². The number of H-pyrrole nitrogens is 1. The van der Waals surface area contributed by atoms with Crippen LogP contribution in [0.15, 0.2) is 60.8 Å². The van der Waals surface area contributed by atoms with Gasteiger partial charge in [-0.1, -0.05) is 54.1 Å². The van der Waals surface area contributed by atoms with Gasteiger partial charge in [0.15, 0.2) is 5.78 Å². The number of Topliss-reactive ketones (excluding diaryl/α,β-unsaturated/α-hetero) is 1. The molecule has 0 unspecified atom stereocenters. The van der Waals surface area contributed by atoms with Crippen LogP contribution in [-0.2, 0) is 6.54 Å². The first-order valence-corrected chi connectivity index (χ1v) is 9.62. The lowest BCUT2D eigenvalue weighted by Crippen LogP contribution is -2.36. The summed E-state index contributed by atoms with van der Waals surface area (Å²) in [7, 11) is 0. The van der Waals surface area contributed by atoms with E-state index in [1.165, 1.54) is 0 Å². The zero-order valence-corrected chi connectivity index (χ0v) is 15.7. The Morgan fingerprint density at radius 3 is 2.63 bits per heavy atom. The maximum Gasteiger partial charge on any atom is 0.166 e. The van der Waals surface area contributed by atoms with Crippen molar-refractivity contribution in [2.45, 2.75) is 26.3 Å². The summed E-state index contributed by atoms with van der Waals surface area (Å²) in [6.07, 6.45) is 3.83. The third-order valence-corrected chi connectivity index (χ3v) is 5.32. The molecule has 3 aromatic rings. The molecule has 1 aliphatic rings. The van der Waals surface area contributed by atoms with Crippen molar-refractivity contribution < 1.29 is 4.79 Å². The molecule has 0 atom stereocenters. The Bertz CT molecular complexity index is 908. The highest BCUT2D eigenvalue weighted by Gasteiger charge is 2.26. The van der Waals surface area contributed by atoms with E-state index in [-0.39, 0.29) is 5.92 Å². The molecular formula is C23H25N3O. The highest BCUT2D eigenvalue weighted by molar-refractivity contribution is 5.98. The summed E-state index contributed by atoms with van der Waals surface area (Å²) >= 11 is 0. The predicted molar refractivity (Wildman–Crippen MR) is 108 cm³/mol. The number of benzene rings is 2. The molecule has 4 heteroatoms. The van der Waals surface area contributed by atoms with Gasteiger partial charge in [-0.2, -0.15) is 0 Å². The van der Waals surface area contributed by atoms with Crippen LogP contribution >= 0.6 is 0 Å². The Kier molecular flexibility index (Phi) is 5.16. The second-order valence-electron chi connectivity index (χ2n) is 7.39. The second-order valence-corrected chi connectivity index (χ2v) is 7.39. The van der Waals surface area contributed by atoms with Crippen LogP contribution in [0.5, 0.6) is 0 Å². The fourth-order valence-electron chi connectivity index (χ4n) is 3.80. The number of aryl methyl sites for hydroxylation is 1. The van der Waals surface area contributed by atoms with Crippen molar-refractivity contribution in [2.75, 3.05) is 13.1 Å². The number of nitrogens with zero attached hydrogens (tertiary/aromatic N) is 2. The number of aromatic nitrogens is 2. The standard InChI is InChI=1S/C23H25N3O/c1-17-6-5-9-20(14-17)22(27)18-10-12-26(13-11-18)16-21-15-24-23(25-21)19-7-3-2-4-8-19/h2-9,14-15,18H,10-13,16H2,1H3,(H,24,25). The molecule has 0 aliphatic carbocycles. The number of hydrogen-bond donors (Lipinski definition) is 1. The van der Waals surface area contributed by atoms with Crippen molar-refractivity contribution in [3.05, 3.63) is 77.6 Å². The van der Waals surface area contributed by atoms with Crippen LogP contribution in [0.25, 0.3) is 11.4 Å². The van der Waals surface area contributed by atoms with E-state index < -0.39 is 0 Å². The van der Waals surface area contributed by atoms with E-state index in [4.69, 9.17) is 4.98 Å². The normalized spacial score (nSPS) is 15.7. The number of nitrogens with one attached hydrogen (secondary N) is 1. The van der Waals surface area contributed by atoms with Gasteiger partial charge < -0.3 is 4.98 Å². The van der Waals surface area contributed by atoms with Gasteiger partial charge in [0, 0.05) is 29.8 Å². The van der Waals surface area contributed by atoms with E-state index in [0.29, 0.717) is 5.78 Å². The van der Waals surface area contributed by atoms with E-state index in [0.717, 1.165) is 60.7 Å². The third-order valence-electron chi connectivity index (χ3n) is 5.32. The molecular weight excluding hydrogens is 334 g/mol. The third kappa shape index (κ3) is 4.17. The Morgan fingerprint density at radius 1 is 1.11 bits per heavy atom. The zero-order chi connectivity index (χ0) is 18.6. The summed E-state index contributed by atoms with van der Waals surface area (Å²) in [4.78, 5) is 23.1. The quantitative estimate of drug-likeness (QED) is 0.683. The molecule has 1 aromatic heterocycles. The molecule has 27 heavy (non-hydrogen) atoms. The molecule has 2 aromatic carbocycles. The fraction of sp³-hybridized carbons (Fsp3) is 0.304. The molecule has 1 N–H and O–H groups in total. The van der Waals surface area contributed by atoms with Gasteiger partial charge in [-0.25, -0.2) is 4.98 Å². The van der Waals surface area contributed by atoms with Crippen molar-refractivity contribution in [2.24, 2.45) is 5.92 Å². The topological polar surface area (TPSA) is 49.0 Å². The minimum Gasteiger partial charge on any atom is -0.344 e. The van der Waals surface area contributed by atoms with Crippen LogP contribution in [0.1, 0.15) is 34.5 Å². The first-order chi connectivity index (χ1) is 13.2. The van der Waals surface area contributed by atoms with Gasteiger partial charge in [0.1, 0.15) is 5.82 Å². The Labute approximate surface area is 160 Å². The molecule has 0 radical (unpaired) electrons. The van der Waals surface area contributed by atoms with E-state index in [1.54, 1.807) is 0 Å². The zero-order valence-electron chi connectivity index (χ0n) is 15.7. The first-order valence-electron chi connectivity index (χ1n) is 9.62. The first kappa shape index (κ1) is 17.7. The van der Waals surface area contributed by atoms with Gasteiger partial charge in [-0.05, 0) is 38.9 Å². The average molecular weight is 359 g/mol. The number of ketones is 1. The molecule has 1 aliphatic heterocycles. The number of imidazole rings is 1. The molecule has 0 amide bonds. The molecule has 1 saturated heterocycles.